The van der Waals surface area contributed by atoms with E-state index in [2.05, 4.69) is 24.1 Å². The second kappa shape index (κ2) is 8.87. The topological polar surface area (TPSA) is 25.4 Å². The Hall–Kier alpha value is -2.60. The molecule has 2 heterocycles. The molecule has 3 aromatic carbocycles. The lowest BCUT2D eigenvalue weighted by molar-refractivity contribution is -0.0234. The van der Waals surface area contributed by atoms with Crippen LogP contribution in [-0.2, 0) is 4.74 Å². The number of aromatic nitrogens is 1. The summed E-state index contributed by atoms with van der Waals surface area (Å²) >= 11 is 1.67. The molecule has 31 heavy (non-hydrogen) atoms. The van der Waals surface area contributed by atoms with E-state index < -0.39 is 0 Å². The molecule has 3 nitrogen and oxygen atoms in total. The standard InChI is InChI=1S/C26H25FN2OS/c1-29-15-13-20(14-16-29)30-25(26-28-23-11-4-5-12-24(23)31-26)19-8-6-7-18(17-19)21-9-2-3-10-22(21)27/h2-12,17,20,25H,13-16H2,1H3. The molecular weight excluding hydrogens is 407 g/mol. The summed E-state index contributed by atoms with van der Waals surface area (Å²) in [5, 5.41) is 0.950. The molecule has 0 radical (unpaired) electrons. The molecule has 0 saturated carbocycles. The van der Waals surface area contributed by atoms with Crippen molar-refractivity contribution in [3.8, 4) is 11.1 Å². The average molecular weight is 433 g/mol. The summed E-state index contributed by atoms with van der Waals surface area (Å²) in [4.78, 5) is 7.24. The minimum absolute atomic E-state index is 0.185. The van der Waals surface area contributed by atoms with Gasteiger partial charge >= 0.3 is 0 Å². The van der Waals surface area contributed by atoms with Crippen molar-refractivity contribution in [3.63, 3.8) is 0 Å². The van der Waals surface area contributed by atoms with Crippen LogP contribution in [0.25, 0.3) is 21.3 Å². The number of benzene rings is 3. The van der Waals surface area contributed by atoms with Gasteiger partial charge < -0.3 is 9.64 Å². The molecule has 158 valence electrons. The van der Waals surface area contributed by atoms with Gasteiger partial charge in [-0.25, -0.2) is 9.37 Å². The lowest BCUT2D eigenvalue weighted by Gasteiger charge is -2.31. The molecule has 0 aliphatic carbocycles. The molecule has 1 aromatic heterocycles. The van der Waals surface area contributed by atoms with Gasteiger partial charge in [0.15, 0.2) is 0 Å². The first kappa shape index (κ1) is 20.3. The van der Waals surface area contributed by atoms with E-state index in [-0.39, 0.29) is 18.0 Å². The Morgan fingerprint density at radius 1 is 1.00 bits per heavy atom. The van der Waals surface area contributed by atoms with Crippen LogP contribution in [0.3, 0.4) is 0 Å². The van der Waals surface area contributed by atoms with Crippen molar-refractivity contribution in [2.24, 2.45) is 0 Å². The van der Waals surface area contributed by atoms with Gasteiger partial charge in [0.05, 0.1) is 16.3 Å². The smallest absolute Gasteiger partial charge is 0.134 e. The number of piperidine rings is 1. The predicted octanol–water partition coefficient (Wildman–Crippen LogP) is 6.30. The largest absolute Gasteiger partial charge is 0.363 e. The molecule has 0 amide bonds. The summed E-state index contributed by atoms with van der Waals surface area (Å²) in [6.45, 7) is 2.07. The van der Waals surface area contributed by atoms with E-state index in [0.717, 1.165) is 52.3 Å². The van der Waals surface area contributed by atoms with Gasteiger partial charge in [-0.3, -0.25) is 0 Å². The number of hydrogen-bond donors (Lipinski definition) is 0. The molecule has 1 atom stereocenters. The number of likely N-dealkylation sites (tertiary alicyclic amines) is 1. The van der Waals surface area contributed by atoms with Crippen molar-refractivity contribution in [1.82, 2.24) is 9.88 Å². The van der Waals surface area contributed by atoms with Crippen molar-refractivity contribution < 1.29 is 9.13 Å². The number of thiazole rings is 1. The van der Waals surface area contributed by atoms with E-state index >= 15 is 0 Å². The van der Waals surface area contributed by atoms with Gasteiger partial charge in [-0.2, -0.15) is 0 Å². The number of fused-ring (bicyclic) bond motifs is 1. The summed E-state index contributed by atoms with van der Waals surface area (Å²) < 4.78 is 22.3. The Kier molecular flexibility index (Phi) is 5.81. The highest BCUT2D eigenvalue weighted by molar-refractivity contribution is 7.18. The monoisotopic (exact) mass is 432 g/mol. The fraction of sp³-hybridized carbons (Fsp3) is 0.269. The summed E-state index contributed by atoms with van der Waals surface area (Å²) in [7, 11) is 2.15. The molecule has 5 heteroatoms. The molecular formula is C26H25FN2OS. The normalized spacial score (nSPS) is 16.6. The van der Waals surface area contributed by atoms with E-state index in [4.69, 9.17) is 9.72 Å². The quantitative estimate of drug-likeness (QED) is 0.370. The number of para-hydroxylation sites is 1. The molecule has 4 aromatic rings. The number of hydrogen-bond acceptors (Lipinski definition) is 4. The zero-order chi connectivity index (χ0) is 21.2. The summed E-state index contributed by atoms with van der Waals surface area (Å²) in [5.41, 5.74) is 3.46. The Labute approximate surface area is 186 Å². The molecule has 1 aliphatic heterocycles. The second-order valence-electron chi connectivity index (χ2n) is 8.14. The SMILES string of the molecule is CN1CCC(OC(c2cccc(-c3ccccc3F)c2)c2nc3ccccc3s2)CC1. The first-order valence-corrected chi connectivity index (χ1v) is 11.5. The van der Waals surface area contributed by atoms with Crippen LogP contribution in [0.2, 0.25) is 0 Å². The van der Waals surface area contributed by atoms with Gasteiger partial charge in [0.1, 0.15) is 16.9 Å². The summed E-state index contributed by atoms with van der Waals surface area (Å²) in [6.07, 6.45) is 1.93. The van der Waals surface area contributed by atoms with Gasteiger partial charge in [0.25, 0.3) is 0 Å². The fourth-order valence-corrected chi connectivity index (χ4v) is 5.19. The van der Waals surface area contributed by atoms with Crippen molar-refractivity contribution in [2.75, 3.05) is 20.1 Å². The van der Waals surface area contributed by atoms with Crippen LogP contribution in [0, 0.1) is 5.82 Å². The molecule has 0 spiro atoms. The van der Waals surface area contributed by atoms with Crippen molar-refractivity contribution in [1.29, 1.82) is 0 Å². The minimum Gasteiger partial charge on any atom is -0.363 e. The van der Waals surface area contributed by atoms with Gasteiger partial charge in [-0.05, 0) is 55.3 Å². The number of rotatable bonds is 5. The Morgan fingerprint density at radius 2 is 1.77 bits per heavy atom. The van der Waals surface area contributed by atoms with Gasteiger partial charge in [0, 0.05) is 18.7 Å². The molecule has 1 saturated heterocycles. The fourth-order valence-electron chi connectivity index (χ4n) is 4.16. The highest BCUT2D eigenvalue weighted by Crippen LogP contribution is 2.36. The lowest BCUT2D eigenvalue weighted by atomic mass is 10.00. The Bertz CT molecular complexity index is 1150. The number of halogens is 1. The van der Waals surface area contributed by atoms with Crippen LogP contribution in [0.15, 0.2) is 72.8 Å². The highest BCUT2D eigenvalue weighted by Gasteiger charge is 2.26. The second-order valence-corrected chi connectivity index (χ2v) is 9.21. The number of nitrogens with zero attached hydrogens (tertiary/aromatic N) is 2. The van der Waals surface area contributed by atoms with Gasteiger partial charge in [-0.15, -0.1) is 11.3 Å². The van der Waals surface area contributed by atoms with Crippen LogP contribution in [0.1, 0.15) is 29.5 Å². The third-order valence-corrected chi connectivity index (χ3v) is 6.98. The van der Waals surface area contributed by atoms with E-state index in [1.54, 1.807) is 17.4 Å². The third kappa shape index (κ3) is 4.40. The maximum atomic E-state index is 14.4. The summed E-state index contributed by atoms with van der Waals surface area (Å²) in [6, 6.07) is 23.1. The van der Waals surface area contributed by atoms with Crippen molar-refractivity contribution >= 4 is 21.6 Å². The minimum atomic E-state index is -0.266. The van der Waals surface area contributed by atoms with Crippen molar-refractivity contribution in [3.05, 3.63) is 89.2 Å². The van der Waals surface area contributed by atoms with Crippen LogP contribution in [-0.4, -0.2) is 36.1 Å². The maximum Gasteiger partial charge on any atom is 0.134 e. The van der Waals surface area contributed by atoms with Gasteiger partial charge in [-0.1, -0.05) is 48.5 Å². The highest BCUT2D eigenvalue weighted by atomic mass is 32.1. The zero-order valence-electron chi connectivity index (χ0n) is 17.5. The van der Waals surface area contributed by atoms with Crippen LogP contribution < -0.4 is 0 Å². The molecule has 1 unspecified atom stereocenters. The Morgan fingerprint density at radius 3 is 2.58 bits per heavy atom. The van der Waals surface area contributed by atoms with E-state index in [0.29, 0.717) is 5.56 Å². The molecule has 1 fully saturated rings. The molecule has 5 rings (SSSR count). The first-order valence-electron chi connectivity index (χ1n) is 10.7. The van der Waals surface area contributed by atoms with Crippen LogP contribution >= 0.6 is 11.3 Å². The molecule has 0 bridgehead atoms. The van der Waals surface area contributed by atoms with Crippen LogP contribution in [0.4, 0.5) is 4.39 Å². The first-order chi connectivity index (χ1) is 15.2. The summed E-state index contributed by atoms with van der Waals surface area (Å²) in [5.74, 6) is -0.215. The third-order valence-electron chi connectivity index (χ3n) is 5.90. The lowest BCUT2D eigenvalue weighted by Crippen LogP contribution is -2.35. The predicted molar refractivity (Wildman–Crippen MR) is 125 cm³/mol. The molecule has 0 N–H and O–H groups in total. The van der Waals surface area contributed by atoms with E-state index in [1.165, 1.54) is 6.07 Å². The molecule has 1 aliphatic rings. The maximum absolute atomic E-state index is 14.4. The number of ether oxygens (including phenoxy) is 1. The van der Waals surface area contributed by atoms with E-state index in [1.807, 2.05) is 48.5 Å². The Balaban J connectivity index is 1.54. The zero-order valence-corrected chi connectivity index (χ0v) is 18.3. The van der Waals surface area contributed by atoms with E-state index in [9.17, 15) is 4.39 Å². The average Bonchev–Trinajstić information content (AvgIpc) is 3.23. The van der Waals surface area contributed by atoms with Crippen LogP contribution in [0.5, 0.6) is 0 Å². The van der Waals surface area contributed by atoms with Gasteiger partial charge in [0.2, 0.25) is 0 Å². The van der Waals surface area contributed by atoms with Crippen molar-refractivity contribution in [2.45, 2.75) is 25.0 Å².